The number of aromatic amines is 1. The number of imidazole rings is 1. The monoisotopic (exact) mass is 440 g/mol. The number of hydrogen-bond donors (Lipinski definition) is 2. The van der Waals surface area contributed by atoms with Gasteiger partial charge in [0.15, 0.2) is 0 Å². The smallest absolute Gasteiger partial charge is 0.137 e. The third-order valence-electron chi connectivity index (χ3n) is 6.24. The van der Waals surface area contributed by atoms with Crippen LogP contribution >= 0.6 is 0 Å². The van der Waals surface area contributed by atoms with Crippen molar-refractivity contribution in [3.63, 3.8) is 0 Å². The molecule has 3 aromatic carbocycles. The number of hydrogen-bond acceptors (Lipinski definition) is 5. The number of fused-ring (bicyclic) bond motifs is 1. The summed E-state index contributed by atoms with van der Waals surface area (Å²) in [6.45, 7) is 2.86. The Labute approximate surface area is 194 Å². The second kappa shape index (κ2) is 9.48. The molecular formula is C27H28N4O2. The number of methoxy groups -OCH3 is 1. The Kier molecular flexibility index (Phi) is 6.11. The molecule has 0 aliphatic carbocycles. The highest BCUT2D eigenvalue weighted by molar-refractivity contribution is 5.69. The van der Waals surface area contributed by atoms with Crippen molar-refractivity contribution in [2.45, 2.75) is 19.3 Å². The lowest BCUT2D eigenvalue weighted by molar-refractivity contribution is -0.00262. The van der Waals surface area contributed by atoms with Gasteiger partial charge >= 0.3 is 0 Å². The van der Waals surface area contributed by atoms with Gasteiger partial charge in [-0.25, -0.2) is 4.98 Å². The molecule has 0 amide bonds. The van der Waals surface area contributed by atoms with Crippen LogP contribution in [0.3, 0.4) is 0 Å². The molecule has 0 spiro atoms. The lowest BCUT2D eigenvalue weighted by Crippen LogP contribution is -2.34. The van der Waals surface area contributed by atoms with E-state index in [1.54, 1.807) is 13.4 Å². The van der Waals surface area contributed by atoms with Gasteiger partial charge in [-0.1, -0.05) is 54.6 Å². The number of H-pyrrole nitrogens is 1. The van der Waals surface area contributed by atoms with Gasteiger partial charge in [0.05, 0.1) is 25.7 Å². The molecular weight excluding hydrogens is 412 g/mol. The van der Waals surface area contributed by atoms with Crippen LogP contribution in [0.25, 0.3) is 11.1 Å². The first-order valence-electron chi connectivity index (χ1n) is 11.2. The fraction of sp³-hybridized carbons (Fsp3) is 0.222. The van der Waals surface area contributed by atoms with Crippen LogP contribution in [0.2, 0.25) is 0 Å². The van der Waals surface area contributed by atoms with Gasteiger partial charge in [0.25, 0.3) is 0 Å². The number of aromatic nitrogens is 2. The number of para-hydroxylation sites is 1. The quantitative estimate of drug-likeness (QED) is 0.459. The summed E-state index contributed by atoms with van der Waals surface area (Å²) in [5, 5.41) is 11.3. The minimum Gasteiger partial charge on any atom is -0.496 e. The fourth-order valence-corrected chi connectivity index (χ4v) is 4.52. The first kappa shape index (κ1) is 21.2. The van der Waals surface area contributed by atoms with Crippen LogP contribution in [0.5, 0.6) is 5.75 Å². The highest BCUT2D eigenvalue weighted by atomic mass is 16.5. The first-order valence-corrected chi connectivity index (χ1v) is 11.2. The molecule has 1 atom stereocenters. The molecule has 1 aromatic heterocycles. The Morgan fingerprint density at radius 2 is 1.82 bits per heavy atom. The second-order valence-electron chi connectivity index (χ2n) is 8.29. The maximum absolute atomic E-state index is 11.3. The van der Waals surface area contributed by atoms with Crippen molar-refractivity contribution < 1.29 is 9.84 Å². The van der Waals surface area contributed by atoms with Crippen LogP contribution in [0, 0.1) is 0 Å². The summed E-state index contributed by atoms with van der Waals surface area (Å²) in [5.41, 5.74) is 6.56. The number of aliphatic hydroxyl groups excluding tert-OH is 1. The number of nitrogens with zero attached hydrogens (tertiary/aromatic N) is 3. The Hall–Kier alpha value is -3.61. The molecule has 6 nitrogen and oxygen atoms in total. The van der Waals surface area contributed by atoms with Crippen molar-refractivity contribution in [3.05, 3.63) is 102 Å². The molecule has 0 saturated carbocycles. The van der Waals surface area contributed by atoms with E-state index in [9.17, 15) is 5.11 Å². The van der Waals surface area contributed by atoms with E-state index >= 15 is 0 Å². The zero-order valence-corrected chi connectivity index (χ0v) is 18.7. The normalized spacial score (nSPS) is 15.0. The molecule has 1 unspecified atom stereocenters. The van der Waals surface area contributed by atoms with Gasteiger partial charge in [0.2, 0.25) is 0 Å². The SMILES string of the molecule is COc1ccccc1C(O)N1CCN(Cc2cnc[nH]2)c2ccc(-c3ccccc3)cc2C1. The van der Waals surface area contributed by atoms with E-state index in [2.05, 4.69) is 62.2 Å². The minimum atomic E-state index is -0.763. The molecule has 2 heterocycles. The van der Waals surface area contributed by atoms with Crippen molar-refractivity contribution in [1.82, 2.24) is 14.9 Å². The number of benzene rings is 3. The largest absolute Gasteiger partial charge is 0.496 e. The summed E-state index contributed by atoms with van der Waals surface area (Å²) in [4.78, 5) is 11.9. The highest BCUT2D eigenvalue weighted by Crippen LogP contribution is 2.35. The van der Waals surface area contributed by atoms with Crippen molar-refractivity contribution >= 4 is 5.69 Å². The highest BCUT2D eigenvalue weighted by Gasteiger charge is 2.27. The number of anilines is 1. The summed E-state index contributed by atoms with van der Waals surface area (Å²) in [5.74, 6) is 0.696. The molecule has 4 aromatic rings. The first-order chi connectivity index (χ1) is 16.2. The lowest BCUT2D eigenvalue weighted by Gasteiger charge is -2.28. The van der Waals surface area contributed by atoms with E-state index in [4.69, 9.17) is 4.74 Å². The third-order valence-corrected chi connectivity index (χ3v) is 6.24. The third kappa shape index (κ3) is 4.49. The summed E-state index contributed by atoms with van der Waals surface area (Å²) in [6, 6.07) is 24.7. The van der Waals surface area contributed by atoms with Crippen LogP contribution in [0.1, 0.15) is 23.0 Å². The number of aliphatic hydroxyl groups is 1. The van der Waals surface area contributed by atoms with Gasteiger partial charge < -0.3 is 19.7 Å². The summed E-state index contributed by atoms with van der Waals surface area (Å²) < 4.78 is 5.52. The average Bonchev–Trinajstić information content (AvgIpc) is 3.32. The van der Waals surface area contributed by atoms with Crippen LogP contribution in [-0.2, 0) is 13.1 Å². The molecule has 1 aliphatic heterocycles. The Balaban J connectivity index is 1.51. The topological polar surface area (TPSA) is 64.6 Å². The molecule has 0 radical (unpaired) electrons. The van der Waals surface area contributed by atoms with Crippen LogP contribution in [0.4, 0.5) is 5.69 Å². The molecule has 1 aliphatic rings. The van der Waals surface area contributed by atoms with E-state index in [1.807, 2.05) is 36.5 Å². The van der Waals surface area contributed by atoms with Gasteiger partial charge in [0, 0.05) is 37.1 Å². The standard InChI is InChI=1S/C27H28N4O2/c1-33-26-10-6-5-9-24(26)27(32)31-14-13-30(18-23-16-28-19-29-23)25-12-11-21(15-22(25)17-31)20-7-3-2-4-8-20/h2-12,15-16,19,27,32H,13-14,17-18H2,1H3,(H,28,29). The Morgan fingerprint density at radius 1 is 1.00 bits per heavy atom. The summed E-state index contributed by atoms with van der Waals surface area (Å²) in [6.07, 6.45) is 2.82. The number of rotatable bonds is 6. The summed E-state index contributed by atoms with van der Waals surface area (Å²) in [7, 11) is 1.64. The summed E-state index contributed by atoms with van der Waals surface area (Å²) >= 11 is 0. The average molecular weight is 441 g/mol. The van der Waals surface area contributed by atoms with E-state index in [0.717, 1.165) is 24.3 Å². The molecule has 0 bridgehead atoms. The predicted molar refractivity (Wildman–Crippen MR) is 130 cm³/mol. The predicted octanol–water partition coefficient (Wildman–Crippen LogP) is 4.60. The van der Waals surface area contributed by atoms with E-state index in [1.165, 1.54) is 22.4 Å². The lowest BCUT2D eigenvalue weighted by atomic mass is 10.0. The van der Waals surface area contributed by atoms with Gasteiger partial charge in [-0.2, -0.15) is 0 Å². The molecule has 168 valence electrons. The zero-order chi connectivity index (χ0) is 22.6. The van der Waals surface area contributed by atoms with Crippen molar-refractivity contribution in [2.75, 3.05) is 25.1 Å². The maximum Gasteiger partial charge on any atom is 0.137 e. The van der Waals surface area contributed by atoms with Gasteiger partial charge in [0.1, 0.15) is 12.0 Å². The van der Waals surface area contributed by atoms with Crippen LogP contribution < -0.4 is 9.64 Å². The number of nitrogens with one attached hydrogen (secondary N) is 1. The Bertz CT molecular complexity index is 1190. The van der Waals surface area contributed by atoms with Crippen molar-refractivity contribution in [2.24, 2.45) is 0 Å². The zero-order valence-electron chi connectivity index (χ0n) is 18.7. The second-order valence-corrected chi connectivity index (χ2v) is 8.29. The molecule has 0 fully saturated rings. The van der Waals surface area contributed by atoms with Crippen LogP contribution in [0.15, 0.2) is 85.3 Å². The van der Waals surface area contributed by atoms with Gasteiger partial charge in [-0.15, -0.1) is 0 Å². The van der Waals surface area contributed by atoms with Crippen molar-refractivity contribution in [1.29, 1.82) is 0 Å². The van der Waals surface area contributed by atoms with E-state index in [-0.39, 0.29) is 0 Å². The van der Waals surface area contributed by atoms with E-state index in [0.29, 0.717) is 18.8 Å². The van der Waals surface area contributed by atoms with Crippen molar-refractivity contribution in [3.8, 4) is 16.9 Å². The van der Waals surface area contributed by atoms with E-state index < -0.39 is 6.23 Å². The van der Waals surface area contributed by atoms with Gasteiger partial charge in [-0.3, -0.25) is 4.90 Å². The Morgan fingerprint density at radius 3 is 2.61 bits per heavy atom. The molecule has 33 heavy (non-hydrogen) atoms. The fourth-order valence-electron chi connectivity index (χ4n) is 4.52. The molecule has 2 N–H and O–H groups in total. The van der Waals surface area contributed by atoms with Gasteiger partial charge in [-0.05, 0) is 34.9 Å². The van der Waals surface area contributed by atoms with Crippen LogP contribution in [-0.4, -0.2) is 40.2 Å². The molecule has 0 saturated heterocycles. The minimum absolute atomic E-state index is 0.634. The number of ether oxygens (including phenoxy) is 1. The maximum atomic E-state index is 11.3. The molecule has 5 rings (SSSR count). The molecule has 6 heteroatoms.